The van der Waals surface area contributed by atoms with Crippen LogP contribution >= 0.6 is 11.6 Å². The lowest BCUT2D eigenvalue weighted by Gasteiger charge is -2.37. The smallest absolute Gasteiger partial charge is 0.242 e. The van der Waals surface area contributed by atoms with Crippen LogP contribution in [0.5, 0.6) is 0 Å². The van der Waals surface area contributed by atoms with Gasteiger partial charge in [-0.05, 0) is 18.2 Å². The summed E-state index contributed by atoms with van der Waals surface area (Å²) in [5.74, 6) is -0.134. The van der Waals surface area contributed by atoms with Crippen molar-refractivity contribution in [2.45, 2.75) is 6.92 Å². The number of anilines is 1. The molecule has 0 atom stereocenters. The number of carbonyl (C=O) groups is 2. The summed E-state index contributed by atoms with van der Waals surface area (Å²) in [5, 5.41) is 0.709. The fourth-order valence-electron chi connectivity index (χ4n) is 2.70. The Hall–Kier alpha value is -1.79. The third kappa shape index (κ3) is 5.11. The van der Waals surface area contributed by atoms with Gasteiger partial charge in [-0.15, -0.1) is 0 Å². The molecule has 0 unspecified atom stereocenters. The van der Waals surface area contributed by atoms with Crippen LogP contribution in [0.25, 0.3) is 0 Å². The van der Waals surface area contributed by atoms with Crippen molar-refractivity contribution >= 4 is 29.1 Å². The SMILES string of the molecule is COCCN(CC(=O)N1CCN(c2cccc(Cl)c2)CC1)C(C)=O. The molecule has 1 saturated heterocycles. The molecule has 1 aromatic carbocycles. The minimum absolute atomic E-state index is 0.0213. The summed E-state index contributed by atoms with van der Waals surface area (Å²) in [4.78, 5) is 29.6. The molecule has 2 rings (SSSR count). The lowest BCUT2D eigenvalue weighted by molar-refractivity contribution is -0.140. The first kappa shape index (κ1) is 18.5. The lowest BCUT2D eigenvalue weighted by atomic mass is 10.2. The van der Waals surface area contributed by atoms with Crippen molar-refractivity contribution in [2.24, 2.45) is 0 Å². The van der Waals surface area contributed by atoms with Crippen molar-refractivity contribution in [1.82, 2.24) is 9.80 Å². The van der Waals surface area contributed by atoms with E-state index in [0.29, 0.717) is 31.3 Å². The zero-order valence-electron chi connectivity index (χ0n) is 14.2. The largest absolute Gasteiger partial charge is 0.383 e. The zero-order chi connectivity index (χ0) is 17.5. The lowest BCUT2D eigenvalue weighted by Crippen LogP contribution is -2.52. The molecule has 7 heteroatoms. The highest BCUT2D eigenvalue weighted by Crippen LogP contribution is 2.20. The van der Waals surface area contributed by atoms with E-state index in [1.165, 1.54) is 11.8 Å². The molecule has 0 bridgehead atoms. The van der Waals surface area contributed by atoms with E-state index in [1.807, 2.05) is 29.2 Å². The first-order valence-electron chi connectivity index (χ1n) is 8.04. The van der Waals surface area contributed by atoms with Gasteiger partial charge in [-0.1, -0.05) is 17.7 Å². The topological polar surface area (TPSA) is 53.1 Å². The second kappa shape index (κ2) is 8.89. The highest BCUT2D eigenvalue weighted by molar-refractivity contribution is 6.30. The summed E-state index contributed by atoms with van der Waals surface area (Å²) in [5.41, 5.74) is 1.07. The van der Waals surface area contributed by atoms with Crippen LogP contribution in [-0.2, 0) is 14.3 Å². The number of piperazine rings is 1. The molecular formula is C17H24ClN3O3. The van der Waals surface area contributed by atoms with Crippen LogP contribution in [0.3, 0.4) is 0 Å². The molecule has 0 aliphatic carbocycles. The van der Waals surface area contributed by atoms with Gasteiger partial charge in [0.05, 0.1) is 13.2 Å². The van der Waals surface area contributed by atoms with Gasteiger partial charge >= 0.3 is 0 Å². The van der Waals surface area contributed by atoms with Crippen molar-refractivity contribution in [1.29, 1.82) is 0 Å². The summed E-state index contributed by atoms with van der Waals surface area (Å²) >= 11 is 6.03. The first-order valence-corrected chi connectivity index (χ1v) is 8.42. The standard InChI is InChI=1S/C17H24ClN3O3/c1-14(22)21(10-11-24-2)13-17(23)20-8-6-19(7-9-20)16-5-3-4-15(18)12-16/h3-5,12H,6-11,13H2,1-2H3. The molecule has 1 aliphatic heterocycles. The number of amides is 2. The summed E-state index contributed by atoms with van der Waals surface area (Å²) < 4.78 is 4.99. The average molecular weight is 354 g/mol. The Morgan fingerprint density at radius 1 is 1.25 bits per heavy atom. The van der Waals surface area contributed by atoms with Crippen molar-refractivity contribution in [3.05, 3.63) is 29.3 Å². The minimum atomic E-state index is -0.113. The van der Waals surface area contributed by atoms with E-state index < -0.39 is 0 Å². The van der Waals surface area contributed by atoms with E-state index >= 15 is 0 Å². The van der Waals surface area contributed by atoms with Gasteiger partial charge in [-0.2, -0.15) is 0 Å². The molecule has 0 spiro atoms. The minimum Gasteiger partial charge on any atom is -0.383 e. The van der Waals surface area contributed by atoms with Crippen LogP contribution in [0.15, 0.2) is 24.3 Å². The van der Waals surface area contributed by atoms with Crippen LogP contribution in [-0.4, -0.2) is 74.6 Å². The Labute approximate surface area is 147 Å². The van der Waals surface area contributed by atoms with E-state index in [1.54, 1.807) is 7.11 Å². The monoisotopic (exact) mass is 353 g/mol. The van der Waals surface area contributed by atoms with Gasteiger partial charge in [0.2, 0.25) is 11.8 Å². The summed E-state index contributed by atoms with van der Waals surface area (Å²) in [7, 11) is 1.58. The number of halogens is 1. The van der Waals surface area contributed by atoms with E-state index in [9.17, 15) is 9.59 Å². The molecule has 2 amide bonds. The molecule has 6 nitrogen and oxygen atoms in total. The third-order valence-electron chi connectivity index (χ3n) is 4.14. The van der Waals surface area contributed by atoms with Crippen LogP contribution in [0.4, 0.5) is 5.69 Å². The van der Waals surface area contributed by atoms with Crippen molar-refractivity contribution in [2.75, 3.05) is 57.9 Å². The zero-order valence-corrected chi connectivity index (χ0v) is 15.0. The Kier molecular flexibility index (Phi) is 6.87. The first-order chi connectivity index (χ1) is 11.5. The highest BCUT2D eigenvalue weighted by atomic mass is 35.5. The van der Waals surface area contributed by atoms with E-state index in [-0.39, 0.29) is 18.4 Å². The van der Waals surface area contributed by atoms with Crippen molar-refractivity contribution in [3.63, 3.8) is 0 Å². The van der Waals surface area contributed by atoms with Gasteiger partial charge in [0.15, 0.2) is 0 Å². The normalized spacial score (nSPS) is 14.6. The van der Waals surface area contributed by atoms with Crippen LogP contribution in [0.1, 0.15) is 6.92 Å². The quantitative estimate of drug-likeness (QED) is 0.777. The fraction of sp³-hybridized carbons (Fsp3) is 0.529. The number of methoxy groups -OCH3 is 1. The number of ether oxygens (including phenoxy) is 1. The predicted octanol–water partition coefficient (Wildman–Crippen LogP) is 1.48. The molecule has 1 fully saturated rings. The molecule has 24 heavy (non-hydrogen) atoms. The predicted molar refractivity (Wildman–Crippen MR) is 94.4 cm³/mol. The Bertz CT molecular complexity index is 574. The van der Waals surface area contributed by atoms with E-state index in [2.05, 4.69) is 4.90 Å². The van der Waals surface area contributed by atoms with Crippen LogP contribution in [0.2, 0.25) is 5.02 Å². The second-order valence-corrected chi connectivity index (χ2v) is 6.22. The third-order valence-corrected chi connectivity index (χ3v) is 4.38. The highest BCUT2D eigenvalue weighted by Gasteiger charge is 2.23. The van der Waals surface area contributed by atoms with Gasteiger partial charge in [0, 0.05) is 57.5 Å². The van der Waals surface area contributed by atoms with Gasteiger partial charge < -0.3 is 19.4 Å². The number of nitrogens with zero attached hydrogens (tertiary/aromatic N) is 3. The molecule has 0 N–H and O–H groups in total. The fourth-order valence-corrected chi connectivity index (χ4v) is 2.88. The van der Waals surface area contributed by atoms with Crippen molar-refractivity contribution < 1.29 is 14.3 Å². The molecule has 0 radical (unpaired) electrons. The molecule has 132 valence electrons. The molecular weight excluding hydrogens is 330 g/mol. The summed E-state index contributed by atoms with van der Waals surface area (Å²) in [6.07, 6.45) is 0. The van der Waals surface area contributed by atoms with E-state index in [4.69, 9.17) is 16.3 Å². The average Bonchev–Trinajstić information content (AvgIpc) is 2.58. The number of hydrogen-bond acceptors (Lipinski definition) is 4. The molecule has 0 aromatic heterocycles. The van der Waals surface area contributed by atoms with Gasteiger partial charge in [-0.3, -0.25) is 9.59 Å². The molecule has 1 heterocycles. The Balaban J connectivity index is 1.86. The molecule has 1 aromatic rings. The summed E-state index contributed by atoms with van der Waals surface area (Å²) in [6.45, 7) is 5.22. The molecule has 0 saturated carbocycles. The number of benzene rings is 1. The van der Waals surface area contributed by atoms with Crippen molar-refractivity contribution in [3.8, 4) is 0 Å². The van der Waals surface area contributed by atoms with Gasteiger partial charge in [0.25, 0.3) is 0 Å². The number of rotatable bonds is 6. The number of carbonyl (C=O) groups excluding carboxylic acids is 2. The van der Waals surface area contributed by atoms with Gasteiger partial charge in [0.1, 0.15) is 0 Å². The maximum Gasteiger partial charge on any atom is 0.242 e. The number of hydrogen-bond donors (Lipinski definition) is 0. The maximum absolute atomic E-state index is 12.4. The van der Waals surface area contributed by atoms with Crippen LogP contribution < -0.4 is 4.90 Å². The maximum atomic E-state index is 12.4. The van der Waals surface area contributed by atoms with Gasteiger partial charge in [-0.25, -0.2) is 0 Å². The second-order valence-electron chi connectivity index (χ2n) is 5.78. The Morgan fingerprint density at radius 3 is 2.54 bits per heavy atom. The molecule has 1 aliphatic rings. The summed E-state index contributed by atoms with van der Waals surface area (Å²) in [6, 6.07) is 7.73. The van der Waals surface area contributed by atoms with Crippen LogP contribution in [0, 0.1) is 0 Å². The Morgan fingerprint density at radius 2 is 1.96 bits per heavy atom. The van der Waals surface area contributed by atoms with E-state index in [0.717, 1.165) is 18.8 Å².